The third-order valence-corrected chi connectivity index (χ3v) is 2.36. The Morgan fingerprint density at radius 1 is 1.47 bits per heavy atom. The number of hydrogen-bond donors (Lipinski definition) is 2. The second-order valence-electron chi connectivity index (χ2n) is 3.70. The molecule has 88 valence electrons. The zero-order valence-corrected chi connectivity index (χ0v) is 9.30. The molecule has 1 heterocycles. The summed E-state index contributed by atoms with van der Waals surface area (Å²) in [5.74, 6) is -0.951. The molecule has 0 saturated carbocycles. The molecule has 1 aromatic carbocycles. The Balaban J connectivity index is 2.19. The summed E-state index contributed by atoms with van der Waals surface area (Å²) >= 11 is 0. The lowest BCUT2D eigenvalue weighted by molar-refractivity contribution is 0.0698. The lowest BCUT2D eigenvalue weighted by atomic mass is 10.1. The number of aromatic carboxylic acids is 1. The predicted octanol–water partition coefficient (Wildman–Crippen LogP) is 2.29. The Labute approximate surface area is 98.1 Å². The first-order chi connectivity index (χ1) is 8.16. The van der Waals surface area contributed by atoms with E-state index in [9.17, 15) is 4.79 Å². The van der Waals surface area contributed by atoms with Crippen molar-refractivity contribution in [2.24, 2.45) is 0 Å². The van der Waals surface area contributed by atoms with Crippen molar-refractivity contribution >= 4 is 11.7 Å². The first-order valence-electron chi connectivity index (χ1n) is 5.14. The molecule has 0 fully saturated rings. The summed E-state index contributed by atoms with van der Waals surface area (Å²) in [5.41, 5.74) is 2.56. The molecule has 0 radical (unpaired) electrons. The molecule has 0 atom stereocenters. The van der Waals surface area contributed by atoms with E-state index in [4.69, 9.17) is 9.63 Å². The second-order valence-corrected chi connectivity index (χ2v) is 3.70. The Hall–Kier alpha value is -2.30. The van der Waals surface area contributed by atoms with Crippen LogP contribution in [0.4, 0.5) is 5.69 Å². The molecule has 1 aromatic heterocycles. The molecule has 17 heavy (non-hydrogen) atoms. The average Bonchev–Trinajstić information content (AvgIpc) is 2.78. The summed E-state index contributed by atoms with van der Waals surface area (Å²) in [6, 6.07) is 6.88. The molecule has 0 aliphatic heterocycles. The van der Waals surface area contributed by atoms with Gasteiger partial charge in [0.05, 0.1) is 12.1 Å². The summed E-state index contributed by atoms with van der Waals surface area (Å²) < 4.78 is 4.70. The van der Waals surface area contributed by atoms with Gasteiger partial charge in [-0.15, -0.1) is 0 Å². The molecule has 0 bridgehead atoms. The Morgan fingerprint density at radius 3 is 2.94 bits per heavy atom. The number of carbonyl (C=O) groups is 1. The molecule has 2 aromatic rings. The van der Waals surface area contributed by atoms with Crippen LogP contribution in [0.1, 0.15) is 21.6 Å². The summed E-state index contributed by atoms with van der Waals surface area (Å²) in [4.78, 5) is 11.0. The number of aromatic nitrogens is 1. The van der Waals surface area contributed by atoms with Gasteiger partial charge in [0.25, 0.3) is 0 Å². The van der Waals surface area contributed by atoms with Crippen molar-refractivity contribution in [1.29, 1.82) is 0 Å². The van der Waals surface area contributed by atoms with Crippen LogP contribution < -0.4 is 5.32 Å². The van der Waals surface area contributed by atoms with Gasteiger partial charge in [-0.2, -0.15) is 0 Å². The van der Waals surface area contributed by atoms with Gasteiger partial charge in [-0.1, -0.05) is 11.2 Å². The van der Waals surface area contributed by atoms with E-state index in [0.29, 0.717) is 12.2 Å². The van der Waals surface area contributed by atoms with E-state index in [2.05, 4.69) is 10.5 Å². The van der Waals surface area contributed by atoms with E-state index < -0.39 is 5.97 Å². The van der Waals surface area contributed by atoms with Crippen molar-refractivity contribution in [2.75, 3.05) is 5.32 Å². The van der Waals surface area contributed by atoms with Crippen molar-refractivity contribution in [3.8, 4) is 0 Å². The number of benzene rings is 1. The van der Waals surface area contributed by atoms with Gasteiger partial charge in [0.2, 0.25) is 0 Å². The van der Waals surface area contributed by atoms with Crippen LogP contribution in [-0.4, -0.2) is 16.2 Å². The van der Waals surface area contributed by atoms with E-state index in [1.54, 1.807) is 24.3 Å². The minimum Gasteiger partial charge on any atom is -0.478 e. The van der Waals surface area contributed by atoms with E-state index in [1.165, 1.54) is 6.26 Å². The Bertz CT molecular complexity index is 521. The van der Waals surface area contributed by atoms with Crippen molar-refractivity contribution < 1.29 is 14.4 Å². The maximum Gasteiger partial charge on any atom is 0.337 e. The molecule has 5 heteroatoms. The third kappa shape index (κ3) is 2.63. The van der Waals surface area contributed by atoms with Crippen LogP contribution in [0.3, 0.4) is 0 Å². The Morgan fingerprint density at radius 2 is 2.29 bits per heavy atom. The van der Waals surface area contributed by atoms with E-state index in [-0.39, 0.29) is 5.56 Å². The molecule has 0 saturated heterocycles. The molecule has 0 unspecified atom stereocenters. The SMILES string of the molecule is Cc1ccc(C(=O)O)c(NCc2ccon2)c1. The van der Waals surface area contributed by atoms with Crippen molar-refractivity contribution in [3.63, 3.8) is 0 Å². The lowest BCUT2D eigenvalue weighted by Gasteiger charge is -2.08. The molecule has 5 nitrogen and oxygen atoms in total. The van der Waals surface area contributed by atoms with Gasteiger partial charge in [0, 0.05) is 11.8 Å². The Kier molecular flexibility index (Phi) is 3.09. The fraction of sp³-hybridized carbons (Fsp3) is 0.167. The van der Waals surface area contributed by atoms with Crippen LogP contribution in [0.2, 0.25) is 0 Å². The molecular formula is C12H12N2O3. The van der Waals surface area contributed by atoms with Crippen LogP contribution in [0.25, 0.3) is 0 Å². The topological polar surface area (TPSA) is 75.4 Å². The zero-order chi connectivity index (χ0) is 12.3. The number of rotatable bonds is 4. The molecule has 0 spiro atoms. The molecule has 2 rings (SSSR count). The van der Waals surface area contributed by atoms with E-state index in [1.807, 2.05) is 6.92 Å². The monoisotopic (exact) mass is 232 g/mol. The minimum atomic E-state index is -0.951. The fourth-order valence-electron chi connectivity index (χ4n) is 1.51. The van der Waals surface area contributed by atoms with Crippen LogP contribution in [0.5, 0.6) is 0 Å². The summed E-state index contributed by atoms with van der Waals surface area (Å²) in [6.45, 7) is 2.34. The normalized spacial score (nSPS) is 10.2. The zero-order valence-electron chi connectivity index (χ0n) is 9.30. The van der Waals surface area contributed by atoms with Gasteiger partial charge in [0.1, 0.15) is 12.0 Å². The van der Waals surface area contributed by atoms with E-state index >= 15 is 0 Å². The summed E-state index contributed by atoms with van der Waals surface area (Å²) in [6.07, 6.45) is 1.48. The number of aryl methyl sites for hydroxylation is 1. The minimum absolute atomic E-state index is 0.249. The predicted molar refractivity (Wildman–Crippen MR) is 62.0 cm³/mol. The van der Waals surface area contributed by atoms with Gasteiger partial charge in [-0.05, 0) is 24.6 Å². The number of carboxylic acids is 1. The lowest BCUT2D eigenvalue weighted by Crippen LogP contribution is -2.06. The third-order valence-electron chi connectivity index (χ3n) is 2.36. The largest absolute Gasteiger partial charge is 0.478 e. The first kappa shape index (κ1) is 11.2. The quantitative estimate of drug-likeness (QED) is 0.845. The van der Waals surface area contributed by atoms with Gasteiger partial charge < -0.3 is 14.9 Å². The first-order valence-corrected chi connectivity index (χ1v) is 5.14. The van der Waals surface area contributed by atoms with Crippen LogP contribution in [0, 0.1) is 6.92 Å². The van der Waals surface area contributed by atoms with Crippen molar-refractivity contribution in [2.45, 2.75) is 13.5 Å². The van der Waals surface area contributed by atoms with Crippen LogP contribution in [-0.2, 0) is 6.54 Å². The highest BCUT2D eigenvalue weighted by molar-refractivity contribution is 5.94. The molecule has 0 amide bonds. The summed E-state index contributed by atoms with van der Waals surface area (Å²) in [5, 5.41) is 15.8. The number of nitrogens with one attached hydrogen (secondary N) is 1. The number of hydrogen-bond acceptors (Lipinski definition) is 4. The summed E-state index contributed by atoms with van der Waals surface area (Å²) in [7, 11) is 0. The average molecular weight is 232 g/mol. The smallest absolute Gasteiger partial charge is 0.337 e. The van der Waals surface area contributed by atoms with Crippen molar-refractivity contribution in [3.05, 3.63) is 47.3 Å². The fourth-order valence-corrected chi connectivity index (χ4v) is 1.51. The second kappa shape index (κ2) is 4.69. The highest BCUT2D eigenvalue weighted by Crippen LogP contribution is 2.18. The van der Waals surface area contributed by atoms with Gasteiger partial charge in [-0.25, -0.2) is 4.79 Å². The van der Waals surface area contributed by atoms with Crippen molar-refractivity contribution in [1.82, 2.24) is 5.16 Å². The highest BCUT2D eigenvalue weighted by Gasteiger charge is 2.09. The van der Waals surface area contributed by atoms with Gasteiger partial charge >= 0.3 is 5.97 Å². The van der Waals surface area contributed by atoms with Gasteiger partial charge in [0.15, 0.2) is 0 Å². The maximum atomic E-state index is 11.0. The highest BCUT2D eigenvalue weighted by atomic mass is 16.5. The van der Waals surface area contributed by atoms with E-state index in [0.717, 1.165) is 11.3 Å². The van der Waals surface area contributed by atoms with Crippen LogP contribution in [0.15, 0.2) is 35.1 Å². The van der Waals surface area contributed by atoms with Gasteiger partial charge in [-0.3, -0.25) is 0 Å². The standard InChI is InChI=1S/C12H12N2O3/c1-8-2-3-10(12(15)16)11(6-8)13-7-9-4-5-17-14-9/h2-6,13H,7H2,1H3,(H,15,16). The van der Waals surface area contributed by atoms with Crippen LogP contribution >= 0.6 is 0 Å². The molecule has 0 aliphatic carbocycles. The maximum absolute atomic E-state index is 11.0. The molecular weight excluding hydrogens is 220 g/mol. The molecule has 2 N–H and O–H groups in total. The number of nitrogens with zero attached hydrogens (tertiary/aromatic N) is 1. The number of anilines is 1. The molecule has 0 aliphatic rings. The number of carboxylic acid groups (broad SMARTS) is 1.